The number of fused-ring (bicyclic) bond motifs is 1. The maximum absolute atomic E-state index is 12.3. The van der Waals surface area contributed by atoms with Crippen molar-refractivity contribution in [2.45, 2.75) is 25.3 Å². The minimum Gasteiger partial charge on any atom is -0.331 e. The van der Waals surface area contributed by atoms with E-state index in [1.54, 1.807) is 0 Å². The van der Waals surface area contributed by atoms with Crippen LogP contribution in [0.2, 0.25) is 0 Å². The summed E-state index contributed by atoms with van der Waals surface area (Å²) in [6.07, 6.45) is 5.12. The van der Waals surface area contributed by atoms with E-state index >= 15 is 0 Å². The average molecular weight is 280 g/mol. The number of thioether (sulfide) groups is 1. The maximum atomic E-state index is 12.3. The van der Waals surface area contributed by atoms with Crippen LogP contribution in [0.5, 0.6) is 0 Å². The van der Waals surface area contributed by atoms with Gasteiger partial charge in [-0.05, 0) is 19.3 Å². The molecule has 1 saturated heterocycles. The molecule has 0 saturated carbocycles. The fourth-order valence-electron chi connectivity index (χ4n) is 2.86. The Bertz CT molecular complexity index is 467. The number of amides is 2. The lowest BCUT2D eigenvalue weighted by atomic mass is 9.93. The summed E-state index contributed by atoms with van der Waals surface area (Å²) in [6.45, 7) is 1.73. The molecule has 2 amide bonds. The summed E-state index contributed by atoms with van der Waals surface area (Å²) >= 11 is 1.92. The number of aromatic nitrogens is 2. The molecule has 0 bridgehead atoms. The molecule has 19 heavy (non-hydrogen) atoms. The Hall–Kier alpha value is -1.17. The van der Waals surface area contributed by atoms with Gasteiger partial charge in [0.05, 0.1) is 12.2 Å². The first-order valence-electron chi connectivity index (χ1n) is 6.89. The van der Waals surface area contributed by atoms with Crippen LogP contribution in [-0.2, 0) is 13.5 Å². The molecule has 104 valence electrons. The minimum atomic E-state index is 0.0852. The molecule has 1 aromatic heterocycles. The van der Waals surface area contributed by atoms with Crippen molar-refractivity contribution in [1.82, 2.24) is 20.0 Å². The Labute approximate surface area is 117 Å². The highest BCUT2D eigenvalue weighted by molar-refractivity contribution is 7.99. The van der Waals surface area contributed by atoms with Gasteiger partial charge in [0, 0.05) is 42.9 Å². The van der Waals surface area contributed by atoms with Crippen molar-refractivity contribution < 1.29 is 4.79 Å². The second-order valence-corrected chi connectivity index (χ2v) is 6.39. The standard InChI is InChI=1S/C13H20N4OS/c1-16-12-4-2-3-11(10(12)9-14-16)15-13(18)17-5-7-19-8-6-17/h9,11H,2-8H2,1H3,(H,15,18)/t11-/m0/s1. The van der Waals surface area contributed by atoms with Crippen molar-refractivity contribution in [3.05, 3.63) is 17.5 Å². The third-order valence-corrected chi connectivity index (χ3v) is 4.91. The van der Waals surface area contributed by atoms with Crippen LogP contribution in [-0.4, -0.2) is 45.3 Å². The van der Waals surface area contributed by atoms with E-state index in [1.807, 2.05) is 34.6 Å². The van der Waals surface area contributed by atoms with Gasteiger partial charge in [-0.3, -0.25) is 4.68 Å². The van der Waals surface area contributed by atoms with Gasteiger partial charge >= 0.3 is 6.03 Å². The van der Waals surface area contributed by atoms with E-state index in [0.29, 0.717) is 0 Å². The van der Waals surface area contributed by atoms with Crippen molar-refractivity contribution in [2.75, 3.05) is 24.6 Å². The van der Waals surface area contributed by atoms with Gasteiger partial charge in [0.1, 0.15) is 0 Å². The zero-order chi connectivity index (χ0) is 13.2. The highest BCUT2D eigenvalue weighted by atomic mass is 32.2. The van der Waals surface area contributed by atoms with Gasteiger partial charge in [0.25, 0.3) is 0 Å². The molecule has 2 aliphatic rings. The van der Waals surface area contributed by atoms with Gasteiger partial charge in [-0.15, -0.1) is 0 Å². The molecule has 1 N–H and O–H groups in total. The van der Waals surface area contributed by atoms with Gasteiger partial charge in [-0.25, -0.2) is 4.79 Å². The smallest absolute Gasteiger partial charge is 0.317 e. The quantitative estimate of drug-likeness (QED) is 0.849. The minimum absolute atomic E-state index is 0.0852. The number of nitrogens with zero attached hydrogens (tertiary/aromatic N) is 3. The van der Waals surface area contributed by atoms with E-state index in [9.17, 15) is 4.79 Å². The zero-order valence-electron chi connectivity index (χ0n) is 11.3. The summed E-state index contributed by atoms with van der Waals surface area (Å²) in [7, 11) is 1.98. The fourth-order valence-corrected chi connectivity index (χ4v) is 3.77. The van der Waals surface area contributed by atoms with Crippen molar-refractivity contribution in [3.8, 4) is 0 Å². The molecular weight excluding hydrogens is 260 g/mol. The molecule has 1 fully saturated rings. The molecule has 2 heterocycles. The largest absolute Gasteiger partial charge is 0.331 e. The van der Waals surface area contributed by atoms with Gasteiger partial charge in [-0.2, -0.15) is 16.9 Å². The van der Waals surface area contributed by atoms with E-state index < -0.39 is 0 Å². The second kappa shape index (κ2) is 5.45. The van der Waals surface area contributed by atoms with Crippen LogP contribution >= 0.6 is 11.8 Å². The Morgan fingerprint density at radius 1 is 1.47 bits per heavy atom. The number of carbonyl (C=O) groups is 1. The van der Waals surface area contributed by atoms with E-state index in [2.05, 4.69) is 10.4 Å². The molecule has 6 heteroatoms. The van der Waals surface area contributed by atoms with Crippen LogP contribution < -0.4 is 5.32 Å². The molecule has 5 nitrogen and oxygen atoms in total. The first-order valence-corrected chi connectivity index (χ1v) is 8.05. The summed E-state index contributed by atoms with van der Waals surface area (Å²) in [6, 6.07) is 0.224. The number of nitrogens with one attached hydrogen (secondary N) is 1. The summed E-state index contributed by atoms with van der Waals surface area (Å²) in [5.41, 5.74) is 2.47. The first-order chi connectivity index (χ1) is 9.25. The predicted octanol–water partition coefficient (Wildman–Crippen LogP) is 1.56. The number of urea groups is 1. The lowest BCUT2D eigenvalue weighted by Crippen LogP contribution is -2.45. The second-order valence-electron chi connectivity index (χ2n) is 5.16. The highest BCUT2D eigenvalue weighted by Crippen LogP contribution is 2.29. The van der Waals surface area contributed by atoms with Crippen LogP contribution in [0, 0.1) is 0 Å². The summed E-state index contributed by atoms with van der Waals surface area (Å²) in [5, 5.41) is 7.50. The molecule has 0 radical (unpaired) electrons. The molecule has 0 spiro atoms. The number of aryl methyl sites for hydroxylation is 1. The fraction of sp³-hybridized carbons (Fsp3) is 0.692. The number of hydrogen-bond acceptors (Lipinski definition) is 3. The topological polar surface area (TPSA) is 50.2 Å². The first kappa shape index (κ1) is 12.8. The summed E-state index contributed by atoms with van der Waals surface area (Å²) in [4.78, 5) is 14.2. The number of hydrogen-bond donors (Lipinski definition) is 1. The third-order valence-electron chi connectivity index (χ3n) is 3.97. The number of carbonyl (C=O) groups excluding carboxylic acids is 1. The van der Waals surface area contributed by atoms with Crippen molar-refractivity contribution in [3.63, 3.8) is 0 Å². The van der Waals surface area contributed by atoms with E-state index in [1.165, 1.54) is 11.3 Å². The molecule has 3 rings (SSSR count). The molecule has 0 aromatic carbocycles. The van der Waals surface area contributed by atoms with Crippen LogP contribution in [0.15, 0.2) is 6.20 Å². The lowest BCUT2D eigenvalue weighted by molar-refractivity contribution is 0.197. The van der Waals surface area contributed by atoms with Crippen molar-refractivity contribution >= 4 is 17.8 Å². The third kappa shape index (κ3) is 2.59. The molecule has 1 aromatic rings. The Morgan fingerprint density at radius 2 is 2.26 bits per heavy atom. The molecule has 1 atom stereocenters. The molecule has 1 aliphatic heterocycles. The normalized spacial score (nSPS) is 23.0. The maximum Gasteiger partial charge on any atom is 0.317 e. The van der Waals surface area contributed by atoms with Gasteiger partial charge < -0.3 is 10.2 Å². The Morgan fingerprint density at radius 3 is 3.05 bits per heavy atom. The van der Waals surface area contributed by atoms with Gasteiger partial charge in [0.2, 0.25) is 0 Å². The van der Waals surface area contributed by atoms with Crippen LogP contribution in [0.4, 0.5) is 4.79 Å². The van der Waals surface area contributed by atoms with Gasteiger partial charge in [0.15, 0.2) is 0 Å². The summed E-state index contributed by atoms with van der Waals surface area (Å²) < 4.78 is 1.94. The van der Waals surface area contributed by atoms with E-state index in [4.69, 9.17) is 0 Å². The van der Waals surface area contributed by atoms with Crippen LogP contribution in [0.25, 0.3) is 0 Å². The molecule has 1 aliphatic carbocycles. The van der Waals surface area contributed by atoms with E-state index in [0.717, 1.165) is 43.9 Å². The SMILES string of the molecule is Cn1ncc2c1CCC[C@@H]2NC(=O)N1CCSCC1. The van der Waals surface area contributed by atoms with Crippen LogP contribution in [0.3, 0.4) is 0 Å². The monoisotopic (exact) mass is 280 g/mol. The lowest BCUT2D eigenvalue weighted by Gasteiger charge is -2.30. The van der Waals surface area contributed by atoms with Gasteiger partial charge in [-0.1, -0.05) is 0 Å². The average Bonchev–Trinajstić information content (AvgIpc) is 2.83. The van der Waals surface area contributed by atoms with E-state index in [-0.39, 0.29) is 12.1 Å². The summed E-state index contributed by atoms with van der Waals surface area (Å²) in [5.74, 6) is 2.10. The van der Waals surface area contributed by atoms with Crippen molar-refractivity contribution in [2.24, 2.45) is 7.05 Å². The predicted molar refractivity (Wildman–Crippen MR) is 76.3 cm³/mol. The highest BCUT2D eigenvalue weighted by Gasteiger charge is 2.26. The molecule has 0 unspecified atom stereocenters. The number of rotatable bonds is 1. The van der Waals surface area contributed by atoms with Crippen molar-refractivity contribution in [1.29, 1.82) is 0 Å². The van der Waals surface area contributed by atoms with Crippen LogP contribution in [0.1, 0.15) is 30.1 Å². The molecular formula is C13H20N4OS. The zero-order valence-corrected chi connectivity index (χ0v) is 12.1. The Kier molecular flexibility index (Phi) is 3.68. The Balaban J connectivity index is 1.68.